The molecule has 0 spiro atoms. The molecule has 0 radical (unpaired) electrons. The first-order valence-electron chi connectivity index (χ1n) is 9.68. The lowest BCUT2D eigenvalue weighted by molar-refractivity contribution is 0.0347. The predicted octanol–water partition coefficient (Wildman–Crippen LogP) is 1.95. The minimum atomic E-state index is -0.0272. The van der Waals surface area contributed by atoms with Gasteiger partial charge in [0.25, 0.3) is 11.8 Å². The van der Waals surface area contributed by atoms with Crippen LogP contribution in [-0.2, 0) is 12.8 Å². The maximum Gasteiger partial charge on any atom is 0.257 e. The summed E-state index contributed by atoms with van der Waals surface area (Å²) in [6.45, 7) is 1.74. The monoisotopic (exact) mass is 362 g/mol. The summed E-state index contributed by atoms with van der Waals surface area (Å²) in [7, 11) is 0. The van der Waals surface area contributed by atoms with E-state index in [1.807, 2.05) is 21.9 Å². The molecule has 1 atom stereocenters. The van der Waals surface area contributed by atoms with Crippen molar-refractivity contribution in [2.24, 2.45) is 5.92 Å². The standard InChI is InChI=1S/C21H22N4O2/c26-20(17-6-2-14-1-5-16(14)9-17)24-7-8-25(19(12-24)15-3-4-15)21(27)18-10-22-13-23-11-18/h2,6,9-11,13,15,19H,1,3-5,7-8,12H2. The Morgan fingerprint density at radius 1 is 0.926 bits per heavy atom. The van der Waals surface area contributed by atoms with Crippen molar-refractivity contribution in [3.8, 4) is 0 Å². The molecule has 6 nitrogen and oxygen atoms in total. The summed E-state index contributed by atoms with van der Waals surface area (Å²) < 4.78 is 0. The molecule has 2 aliphatic carbocycles. The molecular weight excluding hydrogens is 340 g/mol. The quantitative estimate of drug-likeness (QED) is 0.837. The molecule has 1 saturated carbocycles. The van der Waals surface area contributed by atoms with E-state index in [0.29, 0.717) is 31.1 Å². The summed E-state index contributed by atoms with van der Waals surface area (Å²) in [5.41, 5.74) is 3.96. The molecule has 5 rings (SSSR count). The summed E-state index contributed by atoms with van der Waals surface area (Å²) >= 11 is 0. The van der Waals surface area contributed by atoms with E-state index in [2.05, 4.69) is 16.0 Å². The van der Waals surface area contributed by atoms with Crippen LogP contribution in [0.25, 0.3) is 0 Å². The second-order valence-corrected chi connectivity index (χ2v) is 7.77. The van der Waals surface area contributed by atoms with Gasteiger partial charge in [0.1, 0.15) is 6.33 Å². The van der Waals surface area contributed by atoms with E-state index >= 15 is 0 Å². The Morgan fingerprint density at radius 3 is 2.37 bits per heavy atom. The Labute approximate surface area is 158 Å². The number of amides is 2. The van der Waals surface area contributed by atoms with Crippen LogP contribution in [0, 0.1) is 5.92 Å². The summed E-state index contributed by atoms with van der Waals surface area (Å²) in [6.07, 6.45) is 9.01. The minimum absolute atomic E-state index is 0.0272. The van der Waals surface area contributed by atoms with E-state index in [1.54, 1.807) is 12.4 Å². The highest BCUT2D eigenvalue weighted by Crippen LogP contribution is 2.37. The zero-order valence-corrected chi connectivity index (χ0v) is 15.2. The van der Waals surface area contributed by atoms with Crippen molar-refractivity contribution < 1.29 is 9.59 Å². The van der Waals surface area contributed by atoms with Gasteiger partial charge in [-0.2, -0.15) is 0 Å². The van der Waals surface area contributed by atoms with Crippen LogP contribution in [0.4, 0.5) is 0 Å². The van der Waals surface area contributed by atoms with Gasteiger partial charge in [-0.05, 0) is 54.9 Å². The third-order valence-electron chi connectivity index (χ3n) is 6.06. The van der Waals surface area contributed by atoms with Gasteiger partial charge in [-0.25, -0.2) is 9.97 Å². The number of aromatic nitrogens is 2. The number of piperazine rings is 1. The molecule has 1 aliphatic heterocycles. The number of nitrogens with zero attached hydrogens (tertiary/aromatic N) is 4. The van der Waals surface area contributed by atoms with Gasteiger partial charge < -0.3 is 9.80 Å². The van der Waals surface area contributed by atoms with E-state index in [4.69, 9.17) is 0 Å². The number of fused-ring (bicyclic) bond motifs is 1. The number of hydrogen-bond acceptors (Lipinski definition) is 4. The Hall–Kier alpha value is -2.76. The van der Waals surface area contributed by atoms with Crippen LogP contribution in [0.2, 0.25) is 0 Å². The van der Waals surface area contributed by atoms with Crippen molar-refractivity contribution in [2.75, 3.05) is 19.6 Å². The highest BCUT2D eigenvalue weighted by molar-refractivity contribution is 5.96. The van der Waals surface area contributed by atoms with Gasteiger partial charge in [-0.3, -0.25) is 9.59 Å². The molecule has 0 bridgehead atoms. The maximum atomic E-state index is 13.0. The molecule has 1 aromatic carbocycles. The third-order valence-corrected chi connectivity index (χ3v) is 6.06. The largest absolute Gasteiger partial charge is 0.335 e. The van der Waals surface area contributed by atoms with Gasteiger partial charge in [0.15, 0.2) is 0 Å². The van der Waals surface area contributed by atoms with Crippen molar-refractivity contribution in [1.82, 2.24) is 19.8 Å². The lowest BCUT2D eigenvalue weighted by Crippen LogP contribution is -2.57. The van der Waals surface area contributed by atoms with Crippen molar-refractivity contribution >= 4 is 11.8 Å². The van der Waals surface area contributed by atoms with Crippen molar-refractivity contribution in [2.45, 2.75) is 31.7 Å². The summed E-state index contributed by atoms with van der Waals surface area (Å²) in [5.74, 6) is 0.553. The molecular formula is C21H22N4O2. The van der Waals surface area contributed by atoms with Crippen molar-refractivity contribution in [3.05, 3.63) is 59.2 Å². The number of carbonyl (C=O) groups excluding carboxylic acids is 2. The number of carbonyl (C=O) groups is 2. The average Bonchev–Trinajstić information content (AvgIpc) is 3.53. The van der Waals surface area contributed by atoms with Crippen molar-refractivity contribution in [1.29, 1.82) is 0 Å². The SMILES string of the molecule is O=C(c1ccc2c(c1)CC2)N1CCN(C(=O)c2cncnc2)C(C2CC2)C1. The fraction of sp³-hybridized carbons (Fsp3) is 0.429. The molecule has 138 valence electrons. The first-order valence-corrected chi connectivity index (χ1v) is 9.68. The molecule has 2 aromatic rings. The fourth-order valence-electron chi connectivity index (χ4n) is 4.22. The highest BCUT2D eigenvalue weighted by atomic mass is 16.2. The fourth-order valence-corrected chi connectivity index (χ4v) is 4.22. The Morgan fingerprint density at radius 2 is 1.70 bits per heavy atom. The zero-order chi connectivity index (χ0) is 18.4. The number of benzene rings is 1. The predicted molar refractivity (Wildman–Crippen MR) is 99.3 cm³/mol. The van der Waals surface area contributed by atoms with E-state index < -0.39 is 0 Å². The molecule has 2 heterocycles. The van der Waals surface area contributed by atoms with Crippen LogP contribution in [0.3, 0.4) is 0 Å². The van der Waals surface area contributed by atoms with Gasteiger partial charge in [0, 0.05) is 37.6 Å². The number of rotatable bonds is 3. The molecule has 1 unspecified atom stereocenters. The van der Waals surface area contributed by atoms with Gasteiger partial charge in [-0.1, -0.05) is 6.07 Å². The molecule has 0 N–H and O–H groups in total. The Kier molecular flexibility index (Phi) is 3.92. The van der Waals surface area contributed by atoms with E-state index in [1.165, 1.54) is 17.5 Å². The van der Waals surface area contributed by atoms with Crippen LogP contribution in [0.15, 0.2) is 36.9 Å². The lowest BCUT2D eigenvalue weighted by Gasteiger charge is -2.42. The molecule has 2 amide bonds. The van der Waals surface area contributed by atoms with Crippen LogP contribution >= 0.6 is 0 Å². The average molecular weight is 362 g/mol. The minimum Gasteiger partial charge on any atom is -0.335 e. The van der Waals surface area contributed by atoms with E-state index in [0.717, 1.165) is 31.2 Å². The molecule has 2 fully saturated rings. The first kappa shape index (κ1) is 16.4. The van der Waals surface area contributed by atoms with Crippen LogP contribution in [0.1, 0.15) is 44.7 Å². The highest BCUT2D eigenvalue weighted by Gasteiger charge is 2.42. The zero-order valence-electron chi connectivity index (χ0n) is 15.2. The molecule has 1 saturated heterocycles. The van der Waals surface area contributed by atoms with E-state index in [9.17, 15) is 9.59 Å². The van der Waals surface area contributed by atoms with Crippen LogP contribution in [0.5, 0.6) is 0 Å². The number of aryl methyl sites for hydroxylation is 2. The van der Waals surface area contributed by atoms with Crippen LogP contribution in [-0.4, -0.2) is 57.3 Å². The van der Waals surface area contributed by atoms with Crippen LogP contribution < -0.4 is 0 Å². The van der Waals surface area contributed by atoms with Gasteiger partial charge in [0.05, 0.1) is 11.6 Å². The normalized spacial score (nSPS) is 21.4. The summed E-state index contributed by atoms with van der Waals surface area (Å²) in [6, 6.07) is 6.17. The van der Waals surface area contributed by atoms with Gasteiger partial charge in [0.2, 0.25) is 0 Å². The van der Waals surface area contributed by atoms with Gasteiger partial charge in [-0.15, -0.1) is 0 Å². The summed E-state index contributed by atoms with van der Waals surface area (Å²) in [5, 5.41) is 0. The molecule has 3 aliphatic rings. The third kappa shape index (κ3) is 2.99. The first-order chi connectivity index (χ1) is 13.2. The second kappa shape index (κ2) is 6.44. The number of hydrogen-bond donors (Lipinski definition) is 0. The van der Waals surface area contributed by atoms with Crippen molar-refractivity contribution in [3.63, 3.8) is 0 Å². The Bertz CT molecular complexity index is 894. The Balaban J connectivity index is 1.34. The smallest absolute Gasteiger partial charge is 0.257 e. The van der Waals surface area contributed by atoms with E-state index in [-0.39, 0.29) is 17.9 Å². The maximum absolute atomic E-state index is 13.0. The topological polar surface area (TPSA) is 66.4 Å². The lowest BCUT2D eigenvalue weighted by atomic mass is 9.87. The molecule has 6 heteroatoms. The van der Waals surface area contributed by atoms with Gasteiger partial charge >= 0.3 is 0 Å². The molecule has 1 aromatic heterocycles. The molecule has 27 heavy (non-hydrogen) atoms. The second-order valence-electron chi connectivity index (χ2n) is 7.77. The summed E-state index contributed by atoms with van der Waals surface area (Å²) in [4.78, 5) is 37.7.